The molecule has 24 heavy (non-hydrogen) atoms. The summed E-state index contributed by atoms with van der Waals surface area (Å²) in [7, 11) is 0. The van der Waals surface area contributed by atoms with Gasteiger partial charge in [-0.05, 0) is 42.5 Å². The molecule has 3 rings (SSSR count). The molecule has 1 aromatic carbocycles. The highest BCUT2D eigenvalue weighted by Gasteiger charge is 2.32. The van der Waals surface area contributed by atoms with E-state index in [2.05, 4.69) is 36.2 Å². The number of hydrogen-bond acceptors (Lipinski definition) is 3. The maximum atomic E-state index is 12.7. The quantitative estimate of drug-likeness (QED) is 0.873. The van der Waals surface area contributed by atoms with Crippen molar-refractivity contribution in [3.8, 4) is 0 Å². The third-order valence-electron chi connectivity index (χ3n) is 4.27. The van der Waals surface area contributed by atoms with E-state index < -0.39 is 0 Å². The smallest absolute Gasteiger partial charge is 0.229 e. The molecule has 1 aliphatic carbocycles. The molecule has 0 saturated heterocycles. The van der Waals surface area contributed by atoms with Crippen molar-refractivity contribution >= 4 is 24.0 Å². The molecule has 1 aromatic heterocycles. The van der Waals surface area contributed by atoms with Crippen molar-refractivity contribution in [2.75, 3.05) is 5.73 Å². The fourth-order valence-corrected chi connectivity index (χ4v) is 2.68. The van der Waals surface area contributed by atoms with Gasteiger partial charge in [0.25, 0.3) is 0 Å². The summed E-state index contributed by atoms with van der Waals surface area (Å²) in [6.45, 7) is 2.83. The summed E-state index contributed by atoms with van der Waals surface area (Å²) < 4.78 is 0. The van der Waals surface area contributed by atoms with E-state index in [4.69, 9.17) is 5.73 Å². The highest BCUT2D eigenvalue weighted by molar-refractivity contribution is 5.85. The third-order valence-corrected chi connectivity index (χ3v) is 4.27. The van der Waals surface area contributed by atoms with Crippen LogP contribution >= 0.6 is 12.4 Å². The Morgan fingerprint density at radius 3 is 2.38 bits per heavy atom. The number of aryl methyl sites for hydroxylation is 1. The number of carbonyl (C=O) groups is 1. The SMILES string of the molecule is CCc1ccc(CN(C(=O)Cc2ccc(N)cn2)C2CC2)cc1.Cl. The van der Waals surface area contributed by atoms with Gasteiger partial charge < -0.3 is 10.6 Å². The number of nitrogens with two attached hydrogens (primary N) is 1. The van der Waals surface area contributed by atoms with Gasteiger partial charge in [0.05, 0.1) is 18.3 Å². The molecule has 0 atom stereocenters. The van der Waals surface area contributed by atoms with Crippen LogP contribution in [0.2, 0.25) is 0 Å². The number of halogens is 1. The Kier molecular flexibility index (Phi) is 6.21. The molecule has 0 bridgehead atoms. The van der Waals surface area contributed by atoms with E-state index in [9.17, 15) is 4.79 Å². The second kappa shape index (κ2) is 8.15. The number of nitrogen functional groups attached to an aromatic ring is 1. The zero-order chi connectivity index (χ0) is 16.2. The lowest BCUT2D eigenvalue weighted by atomic mass is 10.1. The van der Waals surface area contributed by atoms with E-state index in [0.717, 1.165) is 25.0 Å². The Morgan fingerprint density at radius 2 is 1.83 bits per heavy atom. The third kappa shape index (κ3) is 4.71. The number of nitrogens with zero attached hydrogens (tertiary/aromatic N) is 2. The number of rotatable bonds is 6. The highest BCUT2D eigenvalue weighted by Crippen LogP contribution is 2.29. The average molecular weight is 346 g/mol. The lowest BCUT2D eigenvalue weighted by Crippen LogP contribution is -2.34. The molecular weight excluding hydrogens is 322 g/mol. The molecule has 2 aromatic rings. The van der Waals surface area contributed by atoms with Gasteiger partial charge >= 0.3 is 0 Å². The monoisotopic (exact) mass is 345 g/mol. The first kappa shape index (κ1) is 18.3. The van der Waals surface area contributed by atoms with Gasteiger partial charge in [0, 0.05) is 18.3 Å². The first-order chi connectivity index (χ1) is 11.2. The molecule has 0 radical (unpaired) electrons. The molecule has 5 heteroatoms. The standard InChI is InChI=1S/C19H23N3O.ClH/c1-2-14-3-5-15(6-4-14)13-22(18-9-10-18)19(23)11-17-8-7-16(20)12-21-17;/h3-8,12,18H,2,9-11,13,20H2,1H3;1H. The van der Waals surface area contributed by atoms with Crippen LogP contribution in [-0.2, 0) is 24.2 Å². The summed E-state index contributed by atoms with van der Waals surface area (Å²) in [6, 6.07) is 12.6. The summed E-state index contributed by atoms with van der Waals surface area (Å²) in [5.74, 6) is 0.143. The summed E-state index contributed by atoms with van der Waals surface area (Å²) >= 11 is 0. The average Bonchev–Trinajstić information content (AvgIpc) is 3.40. The molecule has 2 N–H and O–H groups in total. The van der Waals surface area contributed by atoms with Crippen LogP contribution in [0.15, 0.2) is 42.6 Å². The van der Waals surface area contributed by atoms with Crippen LogP contribution in [0.3, 0.4) is 0 Å². The van der Waals surface area contributed by atoms with Gasteiger partial charge in [0.2, 0.25) is 5.91 Å². The Labute approximate surface area is 149 Å². The number of anilines is 1. The predicted octanol–water partition coefficient (Wildman–Crippen LogP) is 3.38. The maximum Gasteiger partial charge on any atom is 0.229 e. The summed E-state index contributed by atoms with van der Waals surface area (Å²) in [5, 5.41) is 0. The van der Waals surface area contributed by atoms with Gasteiger partial charge in [-0.2, -0.15) is 0 Å². The lowest BCUT2D eigenvalue weighted by molar-refractivity contribution is -0.131. The predicted molar refractivity (Wildman–Crippen MR) is 99.0 cm³/mol. The van der Waals surface area contributed by atoms with E-state index in [1.807, 2.05) is 11.0 Å². The van der Waals surface area contributed by atoms with E-state index >= 15 is 0 Å². The van der Waals surface area contributed by atoms with Crippen molar-refractivity contribution in [3.63, 3.8) is 0 Å². The van der Waals surface area contributed by atoms with Gasteiger partial charge in [-0.15, -0.1) is 12.4 Å². The van der Waals surface area contributed by atoms with Crippen molar-refractivity contribution in [3.05, 3.63) is 59.4 Å². The second-order valence-electron chi connectivity index (χ2n) is 6.18. The Morgan fingerprint density at radius 1 is 1.17 bits per heavy atom. The van der Waals surface area contributed by atoms with Gasteiger partial charge in [-0.25, -0.2) is 0 Å². The normalized spacial score (nSPS) is 13.2. The lowest BCUT2D eigenvalue weighted by Gasteiger charge is -2.22. The Balaban J connectivity index is 0.00000208. The number of benzene rings is 1. The second-order valence-corrected chi connectivity index (χ2v) is 6.18. The minimum Gasteiger partial charge on any atom is -0.397 e. The highest BCUT2D eigenvalue weighted by atomic mass is 35.5. The summed E-state index contributed by atoms with van der Waals surface area (Å²) in [4.78, 5) is 18.9. The molecule has 1 fully saturated rings. The van der Waals surface area contributed by atoms with E-state index in [0.29, 0.717) is 24.7 Å². The number of hydrogen-bond donors (Lipinski definition) is 1. The van der Waals surface area contributed by atoms with Crippen molar-refractivity contribution in [1.29, 1.82) is 0 Å². The van der Waals surface area contributed by atoms with Gasteiger partial charge in [-0.3, -0.25) is 9.78 Å². The first-order valence-electron chi connectivity index (χ1n) is 8.23. The molecule has 0 aliphatic heterocycles. The zero-order valence-corrected chi connectivity index (χ0v) is 14.8. The molecule has 0 unspecified atom stereocenters. The van der Waals surface area contributed by atoms with Crippen molar-refractivity contribution in [1.82, 2.24) is 9.88 Å². The zero-order valence-electron chi connectivity index (χ0n) is 13.9. The molecule has 1 heterocycles. The van der Waals surface area contributed by atoms with Gasteiger partial charge in [0.1, 0.15) is 0 Å². The van der Waals surface area contributed by atoms with E-state index in [1.54, 1.807) is 12.3 Å². The number of amides is 1. The molecule has 1 saturated carbocycles. The first-order valence-corrected chi connectivity index (χ1v) is 8.23. The van der Waals surface area contributed by atoms with Crippen LogP contribution in [0.5, 0.6) is 0 Å². The number of carbonyl (C=O) groups excluding carboxylic acids is 1. The van der Waals surface area contributed by atoms with E-state index in [-0.39, 0.29) is 18.3 Å². The minimum absolute atomic E-state index is 0. The van der Waals surface area contributed by atoms with Crippen molar-refractivity contribution < 1.29 is 4.79 Å². The Hall–Kier alpha value is -2.07. The largest absolute Gasteiger partial charge is 0.397 e. The topological polar surface area (TPSA) is 59.2 Å². The van der Waals surface area contributed by atoms with Crippen LogP contribution in [0, 0.1) is 0 Å². The molecular formula is C19H24ClN3O. The van der Waals surface area contributed by atoms with Crippen molar-refractivity contribution in [2.24, 2.45) is 0 Å². The summed E-state index contributed by atoms with van der Waals surface area (Å²) in [5.41, 5.74) is 9.55. The summed E-state index contributed by atoms with van der Waals surface area (Å²) in [6.07, 6.45) is 5.19. The van der Waals surface area contributed by atoms with Crippen LogP contribution in [-0.4, -0.2) is 21.8 Å². The molecule has 0 spiro atoms. The Bertz CT molecular complexity index is 666. The van der Waals surface area contributed by atoms with Crippen molar-refractivity contribution in [2.45, 2.75) is 45.2 Å². The van der Waals surface area contributed by atoms with Crippen LogP contribution in [0.25, 0.3) is 0 Å². The van der Waals surface area contributed by atoms with Crippen LogP contribution in [0.1, 0.15) is 36.6 Å². The van der Waals surface area contributed by atoms with E-state index in [1.165, 1.54) is 11.1 Å². The fourth-order valence-electron chi connectivity index (χ4n) is 2.68. The molecule has 1 amide bonds. The number of pyridine rings is 1. The number of aromatic nitrogens is 1. The molecule has 4 nitrogen and oxygen atoms in total. The van der Waals surface area contributed by atoms with Crippen LogP contribution < -0.4 is 5.73 Å². The minimum atomic E-state index is 0. The molecule has 128 valence electrons. The maximum absolute atomic E-state index is 12.7. The van der Waals surface area contributed by atoms with Crippen LogP contribution in [0.4, 0.5) is 5.69 Å². The van der Waals surface area contributed by atoms with Gasteiger partial charge in [-0.1, -0.05) is 31.2 Å². The molecule has 1 aliphatic rings. The fraction of sp³-hybridized carbons (Fsp3) is 0.368. The van der Waals surface area contributed by atoms with Gasteiger partial charge in [0.15, 0.2) is 0 Å².